The van der Waals surface area contributed by atoms with Crippen molar-refractivity contribution in [3.8, 4) is 6.07 Å². The van der Waals surface area contributed by atoms with Gasteiger partial charge in [0.15, 0.2) is 0 Å². The Bertz CT molecular complexity index is 864. The van der Waals surface area contributed by atoms with Crippen molar-refractivity contribution in [2.24, 2.45) is 0 Å². The maximum Gasteiger partial charge on any atom is 0.137 e. The van der Waals surface area contributed by atoms with Gasteiger partial charge in [0.2, 0.25) is 0 Å². The minimum Gasteiger partial charge on any atom is -0.363 e. The Morgan fingerprint density at radius 1 is 1.14 bits per heavy atom. The van der Waals surface area contributed by atoms with E-state index in [0.717, 1.165) is 22.3 Å². The molecule has 0 unspecified atom stereocenters. The van der Waals surface area contributed by atoms with E-state index >= 15 is 0 Å². The van der Waals surface area contributed by atoms with Gasteiger partial charge in [-0.05, 0) is 43.7 Å². The molecule has 0 saturated carbocycles. The number of anilines is 1. The predicted molar refractivity (Wildman–Crippen MR) is 87.5 cm³/mol. The third-order valence-electron chi connectivity index (χ3n) is 3.66. The Morgan fingerprint density at radius 3 is 2.82 bits per heavy atom. The summed E-state index contributed by atoms with van der Waals surface area (Å²) < 4.78 is 0. The van der Waals surface area contributed by atoms with Gasteiger partial charge in [0.1, 0.15) is 12.1 Å². The van der Waals surface area contributed by atoms with Crippen molar-refractivity contribution in [1.29, 1.82) is 5.26 Å². The number of nitrogens with one attached hydrogen (secondary N) is 1. The molecule has 0 aliphatic heterocycles. The molecule has 22 heavy (non-hydrogen) atoms. The van der Waals surface area contributed by atoms with Crippen molar-refractivity contribution in [2.75, 3.05) is 5.32 Å². The number of aromatic nitrogens is 2. The van der Waals surface area contributed by atoms with Crippen LogP contribution in [-0.4, -0.2) is 9.97 Å². The molecule has 3 aromatic rings. The van der Waals surface area contributed by atoms with E-state index in [2.05, 4.69) is 41.3 Å². The number of hydrogen-bond donors (Lipinski definition) is 1. The first kappa shape index (κ1) is 14.0. The molecule has 1 heterocycles. The van der Waals surface area contributed by atoms with Crippen LogP contribution < -0.4 is 5.32 Å². The number of aryl methyl sites for hydroxylation is 1. The maximum absolute atomic E-state index is 9.01. The smallest absolute Gasteiger partial charge is 0.137 e. The first-order valence-corrected chi connectivity index (χ1v) is 7.15. The van der Waals surface area contributed by atoms with Crippen LogP contribution in [0.4, 0.5) is 5.82 Å². The van der Waals surface area contributed by atoms with Crippen LogP contribution in [0.2, 0.25) is 0 Å². The highest BCUT2D eigenvalue weighted by molar-refractivity contribution is 5.89. The topological polar surface area (TPSA) is 61.6 Å². The SMILES string of the molecule is Cc1ccc2ncnc(N[C@H](C)c3cccc(C#N)c3)c2c1. The second-order valence-corrected chi connectivity index (χ2v) is 5.35. The monoisotopic (exact) mass is 288 g/mol. The van der Waals surface area contributed by atoms with E-state index in [0.29, 0.717) is 5.56 Å². The minimum absolute atomic E-state index is 0.0481. The molecule has 2 aromatic carbocycles. The van der Waals surface area contributed by atoms with E-state index in [1.165, 1.54) is 5.56 Å². The van der Waals surface area contributed by atoms with Gasteiger partial charge in [-0.3, -0.25) is 0 Å². The zero-order chi connectivity index (χ0) is 15.5. The van der Waals surface area contributed by atoms with Crippen molar-refractivity contribution < 1.29 is 0 Å². The second kappa shape index (κ2) is 5.82. The highest BCUT2D eigenvalue weighted by Crippen LogP contribution is 2.25. The molecule has 1 atom stereocenters. The number of hydrogen-bond acceptors (Lipinski definition) is 4. The van der Waals surface area contributed by atoms with E-state index < -0.39 is 0 Å². The Balaban J connectivity index is 1.95. The molecule has 0 aliphatic carbocycles. The molecule has 0 radical (unpaired) electrons. The first-order valence-electron chi connectivity index (χ1n) is 7.15. The lowest BCUT2D eigenvalue weighted by Crippen LogP contribution is -2.08. The zero-order valence-corrected chi connectivity index (χ0v) is 12.5. The predicted octanol–water partition coefficient (Wildman–Crippen LogP) is 3.98. The third kappa shape index (κ3) is 2.75. The number of benzene rings is 2. The van der Waals surface area contributed by atoms with E-state index in [1.807, 2.05) is 30.3 Å². The highest BCUT2D eigenvalue weighted by atomic mass is 15.0. The van der Waals surface area contributed by atoms with E-state index in [4.69, 9.17) is 5.26 Å². The summed E-state index contributed by atoms with van der Waals surface area (Å²) in [6, 6.07) is 15.9. The summed E-state index contributed by atoms with van der Waals surface area (Å²) in [5.74, 6) is 0.809. The molecule has 1 N–H and O–H groups in total. The maximum atomic E-state index is 9.01. The first-order chi connectivity index (χ1) is 10.7. The lowest BCUT2D eigenvalue weighted by Gasteiger charge is -2.16. The Labute approximate surface area is 129 Å². The number of rotatable bonds is 3. The minimum atomic E-state index is 0.0481. The fourth-order valence-electron chi connectivity index (χ4n) is 2.45. The van der Waals surface area contributed by atoms with Gasteiger partial charge >= 0.3 is 0 Å². The van der Waals surface area contributed by atoms with Gasteiger partial charge in [0.05, 0.1) is 23.2 Å². The summed E-state index contributed by atoms with van der Waals surface area (Å²) in [5.41, 5.74) is 3.80. The second-order valence-electron chi connectivity index (χ2n) is 5.35. The van der Waals surface area contributed by atoms with Crippen LogP contribution in [-0.2, 0) is 0 Å². The van der Waals surface area contributed by atoms with Crippen LogP contribution in [0.1, 0.15) is 29.7 Å². The van der Waals surface area contributed by atoms with Crippen molar-refractivity contribution in [3.63, 3.8) is 0 Å². The zero-order valence-electron chi connectivity index (χ0n) is 12.5. The van der Waals surface area contributed by atoms with E-state index in [1.54, 1.807) is 12.4 Å². The van der Waals surface area contributed by atoms with Crippen LogP contribution in [0.3, 0.4) is 0 Å². The summed E-state index contributed by atoms with van der Waals surface area (Å²) in [7, 11) is 0. The summed E-state index contributed by atoms with van der Waals surface area (Å²) in [5, 5.41) is 13.4. The molecule has 3 rings (SSSR count). The van der Waals surface area contributed by atoms with Gasteiger partial charge in [-0.1, -0.05) is 23.8 Å². The van der Waals surface area contributed by atoms with Crippen molar-refractivity contribution in [2.45, 2.75) is 19.9 Å². The van der Waals surface area contributed by atoms with Crippen LogP contribution in [0.5, 0.6) is 0 Å². The molecule has 4 nitrogen and oxygen atoms in total. The Kier molecular flexibility index (Phi) is 3.71. The van der Waals surface area contributed by atoms with Crippen molar-refractivity contribution >= 4 is 16.7 Å². The number of fused-ring (bicyclic) bond motifs is 1. The van der Waals surface area contributed by atoms with Gasteiger partial charge in [-0.2, -0.15) is 5.26 Å². The molecular weight excluding hydrogens is 272 g/mol. The fraction of sp³-hybridized carbons (Fsp3) is 0.167. The molecule has 0 aliphatic rings. The standard InChI is InChI=1S/C18H16N4/c1-12-6-7-17-16(8-12)18(21-11-20-17)22-13(2)15-5-3-4-14(9-15)10-19/h3-9,11,13H,1-2H3,(H,20,21,22)/t13-/m1/s1. The Hall–Kier alpha value is -2.93. The largest absolute Gasteiger partial charge is 0.363 e. The van der Waals surface area contributed by atoms with Crippen LogP contribution in [0.15, 0.2) is 48.8 Å². The molecular formula is C18H16N4. The number of nitrogens with zero attached hydrogens (tertiary/aromatic N) is 3. The van der Waals surface area contributed by atoms with Gasteiger partial charge < -0.3 is 5.32 Å². The molecule has 0 saturated heterocycles. The van der Waals surface area contributed by atoms with Gasteiger partial charge in [0.25, 0.3) is 0 Å². The summed E-state index contributed by atoms with van der Waals surface area (Å²) in [6.07, 6.45) is 1.57. The van der Waals surface area contributed by atoms with Crippen molar-refractivity contribution in [1.82, 2.24) is 9.97 Å². The Morgan fingerprint density at radius 2 is 2.00 bits per heavy atom. The summed E-state index contributed by atoms with van der Waals surface area (Å²) >= 11 is 0. The van der Waals surface area contributed by atoms with Crippen molar-refractivity contribution in [3.05, 3.63) is 65.5 Å². The molecule has 0 spiro atoms. The van der Waals surface area contributed by atoms with Gasteiger partial charge in [0, 0.05) is 5.39 Å². The van der Waals surface area contributed by atoms with E-state index in [-0.39, 0.29) is 6.04 Å². The molecule has 108 valence electrons. The summed E-state index contributed by atoms with van der Waals surface area (Å²) in [4.78, 5) is 8.67. The fourth-order valence-corrected chi connectivity index (χ4v) is 2.45. The van der Waals surface area contributed by atoms with E-state index in [9.17, 15) is 0 Å². The molecule has 0 bridgehead atoms. The molecule has 0 amide bonds. The highest BCUT2D eigenvalue weighted by Gasteiger charge is 2.10. The number of nitriles is 1. The summed E-state index contributed by atoms with van der Waals surface area (Å²) in [6.45, 7) is 4.11. The van der Waals surface area contributed by atoms with Gasteiger partial charge in [-0.15, -0.1) is 0 Å². The molecule has 4 heteroatoms. The average molecular weight is 288 g/mol. The lowest BCUT2D eigenvalue weighted by molar-refractivity contribution is 0.875. The quantitative estimate of drug-likeness (QED) is 0.791. The third-order valence-corrected chi connectivity index (χ3v) is 3.66. The van der Waals surface area contributed by atoms with Crippen LogP contribution in [0, 0.1) is 18.3 Å². The van der Waals surface area contributed by atoms with Crippen LogP contribution in [0.25, 0.3) is 10.9 Å². The van der Waals surface area contributed by atoms with Gasteiger partial charge in [-0.25, -0.2) is 9.97 Å². The molecule has 0 fully saturated rings. The van der Waals surface area contributed by atoms with Crippen LogP contribution >= 0.6 is 0 Å². The molecule has 1 aromatic heterocycles. The average Bonchev–Trinajstić information content (AvgIpc) is 2.55. The normalized spacial score (nSPS) is 11.9. The lowest BCUT2D eigenvalue weighted by atomic mass is 10.1.